The molecule has 0 bridgehead atoms. The molecule has 15 heavy (non-hydrogen) atoms. The minimum Gasteiger partial charge on any atom is -0.301 e. The Bertz CT molecular complexity index is 306. The first-order valence-electron chi connectivity index (χ1n) is 4.74. The van der Waals surface area contributed by atoms with Gasteiger partial charge in [0, 0.05) is 13.2 Å². The number of rotatable bonds is 4. The molecule has 3 nitrogen and oxygen atoms in total. The normalized spacial score (nSPS) is 14.2. The molecule has 0 saturated heterocycles. The van der Waals surface area contributed by atoms with Crippen LogP contribution in [0.25, 0.3) is 0 Å². The monoisotopic (exact) mass is 221 g/mol. The third kappa shape index (κ3) is 2.95. The van der Waals surface area contributed by atoms with Gasteiger partial charge in [-0.15, -0.1) is 0 Å². The molecule has 0 spiro atoms. The molecule has 0 aliphatic heterocycles. The van der Waals surface area contributed by atoms with Crippen molar-refractivity contribution in [2.75, 3.05) is 6.54 Å². The summed E-state index contributed by atoms with van der Waals surface area (Å²) in [7, 11) is 1.50. The number of aromatic nitrogens is 2. The van der Waals surface area contributed by atoms with Gasteiger partial charge in [-0.05, 0) is 19.0 Å². The molecule has 1 aromatic heterocycles. The molecular weight excluding hydrogens is 207 g/mol. The number of hydrogen-bond acceptors (Lipinski definition) is 2. The molecule has 1 N–H and O–H groups in total. The summed E-state index contributed by atoms with van der Waals surface area (Å²) < 4.78 is 39.3. The average molecular weight is 221 g/mol. The summed E-state index contributed by atoms with van der Waals surface area (Å²) in [6.45, 7) is 2.15. The van der Waals surface area contributed by atoms with Crippen LogP contribution in [0.5, 0.6) is 0 Å². The van der Waals surface area contributed by atoms with E-state index < -0.39 is 12.2 Å². The zero-order valence-electron chi connectivity index (χ0n) is 8.67. The van der Waals surface area contributed by atoms with Crippen molar-refractivity contribution in [2.24, 2.45) is 7.05 Å². The van der Waals surface area contributed by atoms with E-state index in [1.807, 2.05) is 6.92 Å². The second kappa shape index (κ2) is 4.65. The van der Waals surface area contributed by atoms with Crippen molar-refractivity contribution in [3.8, 4) is 0 Å². The predicted octanol–water partition coefficient (Wildman–Crippen LogP) is 2.02. The van der Waals surface area contributed by atoms with Gasteiger partial charge in [-0.1, -0.05) is 6.92 Å². The smallest absolute Gasteiger partial charge is 0.301 e. The van der Waals surface area contributed by atoms with Gasteiger partial charge in [0.25, 0.3) is 0 Å². The molecule has 1 heterocycles. The number of nitrogens with zero attached hydrogens (tertiary/aromatic N) is 2. The summed E-state index contributed by atoms with van der Waals surface area (Å²) in [5.41, 5.74) is 0.135. The fourth-order valence-corrected chi connectivity index (χ4v) is 1.34. The fourth-order valence-electron chi connectivity index (χ4n) is 1.34. The highest BCUT2D eigenvalue weighted by molar-refractivity contribution is 5.09. The van der Waals surface area contributed by atoms with Crippen LogP contribution in [0.4, 0.5) is 13.2 Å². The second-order valence-corrected chi connectivity index (χ2v) is 3.31. The van der Waals surface area contributed by atoms with E-state index in [4.69, 9.17) is 0 Å². The van der Waals surface area contributed by atoms with Crippen molar-refractivity contribution in [3.63, 3.8) is 0 Å². The first kappa shape index (κ1) is 12.0. The van der Waals surface area contributed by atoms with Crippen molar-refractivity contribution < 1.29 is 13.2 Å². The van der Waals surface area contributed by atoms with E-state index in [2.05, 4.69) is 10.4 Å². The van der Waals surface area contributed by atoms with Crippen molar-refractivity contribution in [1.29, 1.82) is 0 Å². The summed E-state index contributed by atoms with van der Waals surface area (Å²) in [5.74, 6) is 0. The molecule has 1 aromatic rings. The molecule has 0 radical (unpaired) electrons. The van der Waals surface area contributed by atoms with Gasteiger partial charge >= 0.3 is 6.18 Å². The van der Waals surface area contributed by atoms with E-state index in [9.17, 15) is 13.2 Å². The summed E-state index contributed by atoms with van der Waals surface area (Å²) in [6, 6.07) is -0.258. The molecule has 0 fully saturated rings. The van der Waals surface area contributed by atoms with Crippen LogP contribution < -0.4 is 5.32 Å². The highest BCUT2D eigenvalue weighted by atomic mass is 19.4. The van der Waals surface area contributed by atoms with Crippen LogP contribution in [0.2, 0.25) is 0 Å². The van der Waals surface area contributed by atoms with Crippen LogP contribution in [0.3, 0.4) is 0 Å². The Morgan fingerprint density at radius 3 is 2.60 bits per heavy atom. The SMILES string of the molecule is CCCNC(c1ccnn1C)C(F)(F)F. The molecule has 0 aliphatic carbocycles. The fraction of sp³-hybridized carbons (Fsp3) is 0.667. The van der Waals surface area contributed by atoms with Crippen molar-refractivity contribution in [2.45, 2.75) is 25.6 Å². The van der Waals surface area contributed by atoms with Gasteiger partial charge in [-0.3, -0.25) is 4.68 Å². The molecule has 86 valence electrons. The van der Waals surface area contributed by atoms with Crippen LogP contribution in [0.1, 0.15) is 25.1 Å². The Balaban J connectivity index is 2.87. The Morgan fingerprint density at radius 2 is 2.20 bits per heavy atom. The molecular formula is C9H14F3N3. The predicted molar refractivity (Wildman–Crippen MR) is 50.3 cm³/mol. The Morgan fingerprint density at radius 1 is 1.53 bits per heavy atom. The average Bonchev–Trinajstić information content (AvgIpc) is 2.51. The zero-order valence-corrected chi connectivity index (χ0v) is 8.67. The third-order valence-electron chi connectivity index (χ3n) is 2.08. The minimum absolute atomic E-state index is 0.135. The molecule has 0 aromatic carbocycles. The molecule has 0 saturated carbocycles. The minimum atomic E-state index is -4.29. The van der Waals surface area contributed by atoms with E-state index in [1.54, 1.807) is 0 Å². The highest BCUT2D eigenvalue weighted by Gasteiger charge is 2.41. The number of halogens is 3. The summed E-state index contributed by atoms with van der Waals surface area (Å²) in [5, 5.41) is 6.20. The lowest BCUT2D eigenvalue weighted by Gasteiger charge is -2.21. The lowest BCUT2D eigenvalue weighted by atomic mass is 10.2. The molecule has 0 amide bonds. The first-order valence-corrected chi connectivity index (χ1v) is 4.74. The molecule has 1 atom stereocenters. The van der Waals surface area contributed by atoms with Crippen molar-refractivity contribution >= 4 is 0 Å². The van der Waals surface area contributed by atoms with E-state index in [-0.39, 0.29) is 5.69 Å². The lowest BCUT2D eigenvalue weighted by molar-refractivity contribution is -0.159. The second-order valence-electron chi connectivity index (χ2n) is 3.31. The number of nitrogens with one attached hydrogen (secondary N) is 1. The Kier molecular flexibility index (Phi) is 3.73. The quantitative estimate of drug-likeness (QED) is 0.843. The largest absolute Gasteiger partial charge is 0.409 e. The van der Waals surface area contributed by atoms with Crippen molar-refractivity contribution in [3.05, 3.63) is 18.0 Å². The van der Waals surface area contributed by atoms with Gasteiger partial charge in [0.05, 0.1) is 5.69 Å². The molecule has 1 unspecified atom stereocenters. The van der Waals surface area contributed by atoms with Crippen LogP contribution in [-0.2, 0) is 7.05 Å². The van der Waals surface area contributed by atoms with Gasteiger partial charge in [0.1, 0.15) is 6.04 Å². The summed E-state index contributed by atoms with van der Waals surface area (Å²) in [4.78, 5) is 0. The van der Waals surface area contributed by atoms with Gasteiger partial charge in [-0.25, -0.2) is 0 Å². The Hall–Kier alpha value is -1.04. The van der Waals surface area contributed by atoms with Crippen LogP contribution >= 0.6 is 0 Å². The topological polar surface area (TPSA) is 29.9 Å². The first-order chi connectivity index (χ1) is 6.96. The van der Waals surface area contributed by atoms with Gasteiger partial charge in [-0.2, -0.15) is 18.3 Å². The van der Waals surface area contributed by atoms with E-state index >= 15 is 0 Å². The van der Waals surface area contributed by atoms with Crippen LogP contribution in [0.15, 0.2) is 12.3 Å². The van der Waals surface area contributed by atoms with Crippen LogP contribution in [0, 0.1) is 0 Å². The van der Waals surface area contributed by atoms with Gasteiger partial charge < -0.3 is 5.32 Å². The lowest BCUT2D eigenvalue weighted by Crippen LogP contribution is -2.36. The number of aryl methyl sites for hydroxylation is 1. The third-order valence-corrected chi connectivity index (χ3v) is 2.08. The molecule has 6 heteroatoms. The number of hydrogen-bond donors (Lipinski definition) is 1. The maximum Gasteiger partial charge on any atom is 0.409 e. The van der Waals surface area contributed by atoms with E-state index in [1.165, 1.54) is 24.0 Å². The van der Waals surface area contributed by atoms with Gasteiger partial charge in [0.2, 0.25) is 0 Å². The van der Waals surface area contributed by atoms with E-state index in [0.29, 0.717) is 13.0 Å². The standard InChI is InChI=1S/C9H14F3N3/c1-3-5-13-8(9(10,11)12)7-4-6-14-15(7)2/h4,6,8,13H,3,5H2,1-2H3. The van der Waals surface area contributed by atoms with Crippen molar-refractivity contribution in [1.82, 2.24) is 15.1 Å². The maximum atomic E-state index is 12.7. The molecule has 1 rings (SSSR count). The highest BCUT2D eigenvalue weighted by Crippen LogP contribution is 2.32. The maximum absolute atomic E-state index is 12.7. The van der Waals surface area contributed by atoms with Gasteiger partial charge in [0.15, 0.2) is 0 Å². The summed E-state index contributed by atoms with van der Waals surface area (Å²) in [6.07, 6.45) is -2.27. The zero-order chi connectivity index (χ0) is 11.5. The van der Waals surface area contributed by atoms with E-state index in [0.717, 1.165) is 0 Å². The van der Waals surface area contributed by atoms with Crippen LogP contribution in [-0.4, -0.2) is 22.5 Å². The Labute approximate surface area is 86.3 Å². The molecule has 0 aliphatic rings. The number of alkyl halides is 3. The summed E-state index contributed by atoms with van der Waals surface area (Å²) >= 11 is 0.